The Kier molecular flexibility index (Phi) is 6.19. The van der Waals surface area contributed by atoms with Gasteiger partial charge in [0.15, 0.2) is 0 Å². The average molecular weight is 383 g/mol. The van der Waals surface area contributed by atoms with Gasteiger partial charge in [0.05, 0.1) is 6.04 Å². The third-order valence-electron chi connectivity index (χ3n) is 5.86. The van der Waals surface area contributed by atoms with Gasteiger partial charge in [-0.3, -0.25) is 4.79 Å². The Morgan fingerprint density at radius 3 is 2.46 bits per heavy atom. The molecule has 1 unspecified atom stereocenters. The number of urea groups is 1. The van der Waals surface area contributed by atoms with Gasteiger partial charge in [0.25, 0.3) is 6.47 Å². The Morgan fingerprint density at radius 2 is 1.82 bits per heavy atom. The lowest BCUT2D eigenvalue weighted by Gasteiger charge is -2.24. The number of benzene rings is 2. The lowest BCUT2D eigenvalue weighted by Crippen LogP contribution is -2.41. The van der Waals surface area contributed by atoms with Gasteiger partial charge in [-0.05, 0) is 55.1 Å². The zero-order valence-corrected chi connectivity index (χ0v) is 16.7. The van der Waals surface area contributed by atoms with Crippen LogP contribution in [0.15, 0.2) is 42.5 Å². The molecule has 4 rings (SSSR count). The number of piperidine rings is 1. The van der Waals surface area contributed by atoms with E-state index >= 15 is 0 Å². The predicted octanol–water partition coefficient (Wildman–Crippen LogP) is 3.05. The Labute approximate surface area is 166 Å². The molecule has 28 heavy (non-hydrogen) atoms. The van der Waals surface area contributed by atoms with E-state index in [1.807, 2.05) is 4.90 Å². The van der Waals surface area contributed by atoms with Gasteiger partial charge in [-0.1, -0.05) is 42.5 Å². The Hall–Kier alpha value is -2.60. The first-order valence-corrected chi connectivity index (χ1v) is 9.72. The standard InChI is InChI=1S/C21H27N3O.CH2O2/c1-14(16-10-6-8-15-7-4-5-9-17(15)16)22-21(25)24-12-19-18(11-23(2)3)20(19)13-24;2-1-3/h4-10,14,18-20H,11-13H2,1-3H3,(H,22,25);1H,(H,2,3)/t14-,18?,19-,20+;/m0./s1. The number of hydrogen-bond donors (Lipinski definition) is 2. The summed E-state index contributed by atoms with van der Waals surface area (Å²) in [5, 5.41) is 12.5. The first-order valence-electron chi connectivity index (χ1n) is 9.72. The number of carbonyl (C=O) groups excluding carboxylic acids is 1. The van der Waals surface area contributed by atoms with Crippen LogP contribution in [0.2, 0.25) is 0 Å². The highest BCUT2D eigenvalue weighted by Gasteiger charge is 2.56. The molecular formula is C22H29N3O3. The molecule has 0 spiro atoms. The molecule has 1 saturated heterocycles. The van der Waals surface area contributed by atoms with Crippen LogP contribution in [0.4, 0.5) is 4.79 Å². The van der Waals surface area contributed by atoms with Crippen LogP contribution < -0.4 is 5.32 Å². The molecule has 2 aromatic rings. The highest BCUT2D eigenvalue weighted by molar-refractivity contribution is 5.86. The minimum absolute atomic E-state index is 0.00750. The molecule has 0 radical (unpaired) electrons. The molecule has 0 bridgehead atoms. The van der Waals surface area contributed by atoms with E-state index in [2.05, 4.69) is 73.7 Å². The van der Waals surface area contributed by atoms with Crippen molar-refractivity contribution in [3.8, 4) is 0 Å². The molecule has 2 aliphatic rings. The van der Waals surface area contributed by atoms with Crippen molar-refractivity contribution in [3.05, 3.63) is 48.0 Å². The molecule has 150 valence electrons. The van der Waals surface area contributed by atoms with Crippen LogP contribution >= 0.6 is 0 Å². The van der Waals surface area contributed by atoms with Crippen LogP contribution in [0.1, 0.15) is 18.5 Å². The Balaban J connectivity index is 0.000000706. The fourth-order valence-corrected chi connectivity index (χ4v) is 4.49. The van der Waals surface area contributed by atoms with Crippen molar-refractivity contribution in [1.82, 2.24) is 15.1 Å². The number of hydrogen-bond acceptors (Lipinski definition) is 3. The number of nitrogens with zero attached hydrogens (tertiary/aromatic N) is 2. The lowest BCUT2D eigenvalue weighted by atomic mass is 10.00. The average Bonchev–Trinajstić information content (AvgIpc) is 3.10. The van der Waals surface area contributed by atoms with Gasteiger partial charge in [0, 0.05) is 19.6 Å². The van der Waals surface area contributed by atoms with Gasteiger partial charge in [0.1, 0.15) is 0 Å². The van der Waals surface area contributed by atoms with Gasteiger partial charge < -0.3 is 20.2 Å². The molecule has 1 aliphatic heterocycles. The van der Waals surface area contributed by atoms with E-state index in [-0.39, 0.29) is 18.5 Å². The number of likely N-dealkylation sites (tertiary alicyclic amines) is 1. The van der Waals surface area contributed by atoms with Gasteiger partial charge in [-0.25, -0.2) is 4.79 Å². The predicted molar refractivity (Wildman–Crippen MR) is 110 cm³/mol. The molecule has 1 heterocycles. The van der Waals surface area contributed by atoms with Crippen LogP contribution in [-0.4, -0.2) is 61.1 Å². The first-order chi connectivity index (χ1) is 13.5. The number of nitrogens with one attached hydrogen (secondary N) is 1. The molecule has 0 aromatic heterocycles. The Bertz CT molecular complexity index is 821. The summed E-state index contributed by atoms with van der Waals surface area (Å²) in [5.74, 6) is 2.21. The summed E-state index contributed by atoms with van der Waals surface area (Å²) in [7, 11) is 4.26. The third kappa shape index (κ3) is 4.28. The van der Waals surface area contributed by atoms with E-state index in [1.165, 1.54) is 16.3 Å². The third-order valence-corrected chi connectivity index (χ3v) is 5.86. The number of rotatable bonds is 4. The molecule has 6 heteroatoms. The number of fused-ring (bicyclic) bond motifs is 2. The van der Waals surface area contributed by atoms with Crippen molar-refractivity contribution in [1.29, 1.82) is 0 Å². The highest BCUT2D eigenvalue weighted by atomic mass is 16.3. The maximum Gasteiger partial charge on any atom is 0.317 e. The van der Waals surface area contributed by atoms with Crippen molar-refractivity contribution >= 4 is 23.3 Å². The SMILES string of the molecule is C[C@H](NC(=O)N1C[C@@H]2C(CN(C)C)[C@@H]2C1)c1cccc2ccccc12.O=CO. The molecule has 2 fully saturated rings. The summed E-state index contributed by atoms with van der Waals surface area (Å²) >= 11 is 0. The van der Waals surface area contributed by atoms with Crippen LogP contribution in [0.5, 0.6) is 0 Å². The van der Waals surface area contributed by atoms with E-state index in [1.54, 1.807) is 0 Å². The molecule has 4 atom stereocenters. The second kappa shape index (κ2) is 8.61. The van der Waals surface area contributed by atoms with Crippen LogP contribution in [0.25, 0.3) is 10.8 Å². The summed E-state index contributed by atoms with van der Waals surface area (Å²) in [6, 6.07) is 14.7. The highest BCUT2D eigenvalue weighted by Crippen LogP contribution is 2.51. The summed E-state index contributed by atoms with van der Waals surface area (Å²) in [4.78, 5) is 25.3. The Morgan fingerprint density at radius 1 is 1.21 bits per heavy atom. The monoisotopic (exact) mass is 383 g/mol. The van der Waals surface area contributed by atoms with Crippen molar-refractivity contribution in [2.24, 2.45) is 17.8 Å². The van der Waals surface area contributed by atoms with E-state index in [0.29, 0.717) is 11.8 Å². The van der Waals surface area contributed by atoms with Crippen LogP contribution in [0, 0.1) is 17.8 Å². The van der Waals surface area contributed by atoms with Crippen molar-refractivity contribution in [3.63, 3.8) is 0 Å². The van der Waals surface area contributed by atoms with Gasteiger partial charge in [-0.2, -0.15) is 0 Å². The second-order valence-corrected chi connectivity index (χ2v) is 8.00. The van der Waals surface area contributed by atoms with E-state index in [0.717, 1.165) is 25.6 Å². The van der Waals surface area contributed by atoms with Crippen molar-refractivity contribution < 1.29 is 14.7 Å². The summed E-state index contributed by atoms with van der Waals surface area (Å²) in [6.07, 6.45) is 0. The zero-order chi connectivity index (χ0) is 20.3. The second-order valence-electron chi connectivity index (χ2n) is 8.00. The van der Waals surface area contributed by atoms with Crippen LogP contribution in [0.3, 0.4) is 0 Å². The largest absolute Gasteiger partial charge is 0.483 e. The normalized spacial score (nSPS) is 23.6. The van der Waals surface area contributed by atoms with Gasteiger partial charge in [0.2, 0.25) is 0 Å². The summed E-state index contributed by atoms with van der Waals surface area (Å²) in [6.45, 7) is 4.80. The van der Waals surface area contributed by atoms with E-state index < -0.39 is 0 Å². The summed E-state index contributed by atoms with van der Waals surface area (Å²) < 4.78 is 0. The fraction of sp³-hybridized carbons (Fsp3) is 0.455. The first kappa shape index (κ1) is 20.1. The van der Waals surface area contributed by atoms with Crippen LogP contribution in [-0.2, 0) is 4.79 Å². The minimum atomic E-state index is -0.250. The molecule has 2 amide bonds. The number of amides is 2. The molecule has 1 aliphatic carbocycles. The topological polar surface area (TPSA) is 72.9 Å². The fourth-order valence-electron chi connectivity index (χ4n) is 4.49. The lowest BCUT2D eigenvalue weighted by molar-refractivity contribution is -0.122. The number of carboxylic acid groups (broad SMARTS) is 1. The number of carbonyl (C=O) groups is 2. The minimum Gasteiger partial charge on any atom is -0.483 e. The quantitative estimate of drug-likeness (QED) is 0.796. The van der Waals surface area contributed by atoms with E-state index in [9.17, 15) is 4.79 Å². The molecular weight excluding hydrogens is 354 g/mol. The van der Waals surface area contributed by atoms with Gasteiger partial charge in [-0.15, -0.1) is 0 Å². The molecule has 1 saturated carbocycles. The molecule has 6 nitrogen and oxygen atoms in total. The smallest absolute Gasteiger partial charge is 0.317 e. The van der Waals surface area contributed by atoms with E-state index in [4.69, 9.17) is 9.90 Å². The van der Waals surface area contributed by atoms with Gasteiger partial charge >= 0.3 is 6.03 Å². The molecule has 2 N–H and O–H groups in total. The molecule has 2 aromatic carbocycles. The van der Waals surface area contributed by atoms with Crippen molar-refractivity contribution in [2.75, 3.05) is 33.7 Å². The summed E-state index contributed by atoms with van der Waals surface area (Å²) in [5.41, 5.74) is 1.18. The maximum absolute atomic E-state index is 12.7. The zero-order valence-electron chi connectivity index (χ0n) is 16.7. The maximum atomic E-state index is 12.7. The van der Waals surface area contributed by atoms with Crippen molar-refractivity contribution in [2.45, 2.75) is 13.0 Å².